The molecule has 0 amide bonds. The lowest BCUT2D eigenvalue weighted by molar-refractivity contribution is 0.397. The first-order chi connectivity index (χ1) is 8.64. The summed E-state index contributed by atoms with van der Waals surface area (Å²) >= 11 is 1.78. The summed E-state index contributed by atoms with van der Waals surface area (Å²) < 4.78 is 23.4. The Bertz CT molecular complexity index is 491. The van der Waals surface area contributed by atoms with Crippen molar-refractivity contribution in [3.63, 3.8) is 0 Å². The van der Waals surface area contributed by atoms with E-state index in [4.69, 9.17) is 0 Å². The molecule has 1 saturated carbocycles. The van der Waals surface area contributed by atoms with E-state index in [2.05, 4.69) is 22.8 Å². The molecular weight excluding hydrogens is 266 g/mol. The summed E-state index contributed by atoms with van der Waals surface area (Å²) in [6, 6.07) is 4.77. The highest BCUT2D eigenvalue weighted by molar-refractivity contribution is 7.91. The van der Waals surface area contributed by atoms with E-state index in [9.17, 15) is 8.42 Å². The van der Waals surface area contributed by atoms with Crippen molar-refractivity contribution in [1.82, 2.24) is 5.32 Å². The van der Waals surface area contributed by atoms with Gasteiger partial charge >= 0.3 is 0 Å². The Hall–Kier alpha value is -0.390. The molecule has 1 aliphatic heterocycles. The lowest BCUT2D eigenvalue weighted by atomic mass is 10.1. The molecule has 0 radical (unpaired) electrons. The number of sulfone groups is 1. The van der Waals surface area contributed by atoms with Gasteiger partial charge in [0.25, 0.3) is 0 Å². The molecule has 1 aromatic heterocycles. The second-order valence-electron chi connectivity index (χ2n) is 5.45. The molecule has 2 unspecified atom stereocenters. The zero-order chi connectivity index (χ0) is 12.6. The predicted octanol–water partition coefficient (Wildman–Crippen LogP) is 2.37. The zero-order valence-corrected chi connectivity index (χ0v) is 12.0. The maximum atomic E-state index is 11.7. The molecule has 1 aliphatic carbocycles. The average Bonchev–Trinajstić information content (AvgIpc) is 3.00. The maximum absolute atomic E-state index is 11.7. The Morgan fingerprint density at radius 3 is 2.78 bits per heavy atom. The van der Waals surface area contributed by atoms with Crippen LogP contribution in [0.1, 0.15) is 36.6 Å². The van der Waals surface area contributed by atoms with Gasteiger partial charge in [0.15, 0.2) is 9.84 Å². The van der Waals surface area contributed by atoms with Gasteiger partial charge in [-0.25, -0.2) is 8.42 Å². The Morgan fingerprint density at radius 1 is 1.33 bits per heavy atom. The third-order valence-corrected chi connectivity index (χ3v) is 6.60. The molecule has 2 atom stereocenters. The van der Waals surface area contributed by atoms with Crippen LogP contribution in [0, 0.1) is 5.92 Å². The molecule has 1 aromatic rings. The van der Waals surface area contributed by atoms with Crippen molar-refractivity contribution >= 4 is 21.2 Å². The van der Waals surface area contributed by atoms with Crippen molar-refractivity contribution < 1.29 is 8.42 Å². The van der Waals surface area contributed by atoms with Crippen LogP contribution in [0.15, 0.2) is 17.5 Å². The number of thiophene rings is 1. The van der Waals surface area contributed by atoms with Gasteiger partial charge in [0.2, 0.25) is 0 Å². The summed E-state index contributed by atoms with van der Waals surface area (Å²) in [4.78, 5) is 1.36. The fourth-order valence-corrected chi connectivity index (χ4v) is 5.28. The summed E-state index contributed by atoms with van der Waals surface area (Å²) in [6.45, 7) is 0. The smallest absolute Gasteiger partial charge is 0.151 e. The van der Waals surface area contributed by atoms with E-state index in [1.54, 1.807) is 11.3 Å². The van der Waals surface area contributed by atoms with Crippen molar-refractivity contribution in [2.75, 3.05) is 11.5 Å². The summed E-state index contributed by atoms with van der Waals surface area (Å²) in [6.07, 6.45) is 4.35. The zero-order valence-electron chi connectivity index (χ0n) is 10.3. The van der Waals surface area contributed by atoms with Gasteiger partial charge in [0.1, 0.15) is 0 Å². The lowest BCUT2D eigenvalue weighted by Crippen LogP contribution is -2.42. The van der Waals surface area contributed by atoms with Crippen molar-refractivity contribution in [1.29, 1.82) is 0 Å². The van der Waals surface area contributed by atoms with Gasteiger partial charge < -0.3 is 5.32 Å². The van der Waals surface area contributed by atoms with E-state index >= 15 is 0 Å². The minimum atomic E-state index is -2.81. The average molecular weight is 285 g/mol. The molecule has 3 nitrogen and oxygen atoms in total. The number of nitrogens with one attached hydrogen (secondary N) is 1. The molecule has 2 fully saturated rings. The number of hydrogen-bond acceptors (Lipinski definition) is 4. The molecule has 2 aliphatic rings. The third-order valence-electron chi connectivity index (χ3n) is 3.82. The van der Waals surface area contributed by atoms with Crippen LogP contribution in [0.3, 0.4) is 0 Å². The van der Waals surface area contributed by atoms with Gasteiger partial charge in [0.05, 0.1) is 11.5 Å². The number of hydrogen-bond donors (Lipinski definition) is 1. The minimum Gasteiger partial charge on any atom is -0.305 e. The van der Waals surface area contributed by atoms with E-state index in [0.29, 0.717) is 23.5 Å². The van der Waals surface area contributed by atoms with E-state index in [0.717, 1.165) is 12.8 Å². The van der Waals surface area contributed by atoms with Crippen LogP contribution in [0.5, 0.6) is 0 Å². The maximum Gasteiger partial charge on any atom is 0.151 e. The second kappa shape index (κ2) is 4.94. The second-order valence-corrected chi connectivity index (χ2v) is 8.66. The van der Waals surface area contributed by atoms with Gasteiger partial charge in [-0.05, 0) is 43.0 Å². The minimum absolute atomic E-state index is 0.149. The van der Waals surface area contributed by atoms with Crippen molar-refractivity contribution in [2.45, 2.75) is 37.8 Å². The van der Waals surface area contributed by atoms with Crippen molar-refractivity contribution in [3.8, 4) is 0 Å². The quantitative estimate of drug-likeness (QED) is 0.924. The topological polar surface area (TPSA) is 46.2 Å². The Kier molecular flexibility index (Phi) is 3.47. The first kappa shape index (κ1) is 12.6. The Morgan fingerprint density at radius 2 is 2.17 bits per heavy atom. The fraction of sp³-hybridized carbons (Fsp3) is 0.692. The molecule has 5 heteroatoms. The monoisotopic (exact) mass is 285 g/mol. The van der Waals surface area contributed by atoms with E-state index < -0.39 is 9.84 Å². The lowest BCUT2D eigenvalue weighted by Gasteiger charge is -2.28. The molecule has 100 valence electrons. The van der Waals surface area contributed by atoms with E-state index in [1.807, 2.05) is 0 Å². The van der Waals surface area contributed by atoms with Gasteiger partial charge in [-0.3, -0.25) is 0 Å². The normalized spacial score (nSPS) is 29.0. The molecule has 3 rings (SSSR count). The van der Waals surface area contributed by atoms with Crippen LogP contribution in [-0.2, 0) is 9.84 Å². The molecule has 0 bridgehead atoms. The first-order valence-electron chi connectivity index (χ1n) is 6.64. The molecule has 18 heavy (non-hydrogen) atoms. The Labute approximate surface area is 113 Å². The van der Waals surface area contributed by atoms with Gasteiger partial charge in [0, 0.05) is 17.0 Å². The van der Waals surface area contributed by atoms with Crippen LogP contribution in [0.4, 0.5) is 0 Å². The molecular formula is C13H19NO2S2. The van der Waals surface area contributed by atoms with Crippen LogP contribution in [0.2, 0.25) is 0 Å². The molecule has 0 spiro atoms. The van der Waals surface area contributed by atoms with Crippen LogP contribution in [-0.4, -0.2) is 26.0 Å². The number of rotatable bonds is 4. The highest BCUT2D eigenvalue weighted by Gasteiger charge is 2.35. The van der Waals surface area contributed by atoms with Crippen LogP contribution in [0.25, 0.3) is 0 Å². The molecule has 1 N–H and O–H groups in total. The highest BCUT2D eigenvalue weighted by Crippen LogP contribution is 2.42. The largest absolute Gasteiger partial charge is 0.305 e. The molecule has 2 heterocycles. The van der Waals surface area contributed by atoms with E-state index in [-0.39, 0.29) is 6.04 Å². The molecule has 0 aromatic carbocycles. The fourth-order valence-electron chi connectivity index (χ4n) is 2.76. The first-order valence-corrected chi connectivity index (χ1v) is 9.34. The Balaban J connectivity index is 1.69. The van der Waals surface area contributed by atoms with Gasteiger partial charge in [-0.15, -0.1) is 11.3 Å². The summed E-state index contributed by atoms with van der Waals surface area (Å²) in [5.41, 5.74) is 0. The van der Waals surface area contributed by atoms with Crippen molar-refractivity contribution in [2.24, 2.45) is 5.92 Å². The predicted molar refractivity (Wildman–Crippen MR) is 74.6 cm³/mol. The van der Waals surface area contributed by atoms with Crippen molar-refractivity contribution in [3.05, 3.63) is 22.4 Å². The standard InChI is InChI=1S/C13H19NO2S2/c15-18(16)8-2-3-11(9-18)14-13(10-5-6-10)12-4-1-7-17-12/h1,4,7,10-11,13-14H,2-3,5-6,8-9H2. The van der Waals surface area contributed by atoms with E-state index in [1.165, 1.54) is 17.7 Å². The van der Waals surface area contributed by atoms with Crippen LogP contribution >= 0.6 is 11.3 Å². The SMILES string of the molecule is O=S1(=O)CCCC(NC(c2cccs2)C2CC2)C1. The highest BCUT2D eigenvalue weighted by atomic mass is 32.2. The van der Waals surface area contributed by atoms with Gasteiger partial charge in [-0.2, -0.15) is 0 Å². The summed E-state index contributed by atoms with van der Waals surface area (Å²) in [5.74, 6) is 1.41. The van der Waals surface area contributed by atoms with Crippen LogP contribution < -0.4 is 5.32 Å². The summed E-state index contributed by atoms with van der Waals surface area (Å²) in [7, 11) is -2.81. The third kappa shape index (κ3) is 2.95. The molecule has 1 saturated heterocycles. The summed E-state index contributed by atoms with van der Waals surface area (Å²) in [5, 5.41) is 5.71. The van der Waals surface area contributed by atoms with Gasteiger partial charge in [-0.1, -0.05) is 6.07 Å².